The summed E-state index contributed by atoms with van der Waals surface area (Å²) in [6.07, 6.45) is -1.18. The molecule has 0 saturated carbocycles. The lowest BCUT2D eigenvalue weighted by molar-refractivity contribution is 0.179. The number of rotatable bonds is 4. The normalized spacial score (nSPS) is 13.8. The Morgan fingerprint density at radius 2 is 1.94 bits per heavy atom. The number of ether oxygens (including phenoxy) is 1. The van der Waals surface area contributed by atoms with Crippen LogP contribution in [0.4, 0.5) is 10.5 Å². The van der Waals surface area contributed by atoms with E-state index >= 15 is 0 Å². The Hall–Kier alpha value is -1.36. The molecule has 17 heavy (non-hydrogen) atoms. The highest BCUT2D eigenvalue weighted by Gasteiger charge is 2.27. The average Bonchev–Trinajstić information content (AvgIpc) is 2.36. The molecule has 1 N–H and O–H groups in total. The molecule has 1 atom stereocenters. The van der Waals surface area contributed by atoms with Gasteiger partial charge in [0.05, 0.1) is 7.11 Å². The third-order valence-corrected chi connectivity index (χ3v) is 3.28. The van der Waals surface area contributed by atoms with Gasteiger partial charge in [0.1, 0.15) is 6.29 Å². The van der Waals surface area contributed by atoms with Gasteiger partial charge in [0.2, 0.25) is 0 Å². The molecule has 0 bridgehead atoms. The summed E-state index contributed by atoms with van der Waals surface area (Å²) in [6.45, 7) is 0. The van der Waals surface area contributed by atoms with Crippen LogP contribution in [0.25, 0.3) is 0 Å². The second kappa shape index (κ2) is 5.82. The Morgan fingerprint density at radius 3 is 2.41 bits per heavy atom. The van der Waals surface area contributed by atoms with E-state index in [0.29, 0.717) is 5.69 Å². The lowest BCUT2D eigenvalue weighted by atomic mass is 10.3. The van der Waals surface area contributed by atoms with Crippen molar-refractivity contribution in [3.05, 3.63) is 30.3 Å². The van der Waals surface area contributed by atoms with E-state index in [9.17, 15) is 14.3 Å². The Balaban J connectivity index is 2.98. The van der Waals surface area contributed by atoms with Crippen LogP contribution in [-0.4, -0.2) is 31.5 Å². The lowest BCUT2D eigenvalue weighted by Gasteiger charge is -2.22. The van der Waals surface area contributed by atoms with Gasteiger partial charge < -0.3 is 14.2 Å². The van der Waals surface area contributed by atoms with Crippen LogP contribution < -0.4 is 4.90 Å². The van der Waals surface area contributed by atoms with Gasteiger partial charge in [0.15, 0.2) is 0 Å². The molecule has 0 aliphatic carbocycles. The summed E-state index contributed by atoms with van der Waals surface area (Å²) < 4.78 is 20.5. The zero-order valence-corrected chi connectivity index (χ0v) is 10.5. The monoisotopic (exact) mass is 259 g/mol. The Morgan fingerprint density at radius 1 is 1.35 bits per heavy atom. The smallest absolute Gasteiger partial charge is 0.414 e. The summed E-state index contributed by atoms with van der Waals surface area (Å²) in [5.74, 6) is 0. The molecule has 94 valence electrons. The molecule has 0 heterocycles. The topological polar surface area (TPSA) is 76.1 Å². The first-order chi connectivity index (χ1) is 8.00. The van der Waals surface area contributed by atoms with Gasteiger partial charge in [-0.3, -0.25) is 9.46 Å². The van der Waals surface area contributed by atoms with Gasteiger partial charge in [-0.15, -0.1) is 0 Å². The van der Waals surface area contributed by atoms with Crippen LogP contribution in [0.2, 0.25) is 0 Å². The van der Waals surface area contributed by atoms with Crippen molar-refractivity contribution in [2.75, 3.05) is 25.4 Å². The molecular formula is C10H14NO5P. The lowest BCUT2D eigenvalue weighted by Crippen LogP contribution is -2.31. The molecule has 1 aromatic carbocycles. The number of para-hydroxylation sites is 1. The van der Waals surface area contributed by atoms with Gasteiger partial charge in [-0.1, -0.05) is 18.2 Å². The maximum Gasteiger partial charge on any atom is 0.414 e. The Kier molecular flexibility index (Phi) is 4.69. The largest absolute Gasteiger partial charge is 0.452 e. The second-order valence-electron chi connectivity index (χ2n) is 3.20. The third-order valence-electron chi connectivity index (χ3n) is 2.07. The zero-order valence-electron chi connectivity index (χ0n) is 9.57. The van der Waals surface area contributed by atoms with Crippen molar-refractivity contribution in [2.45, 2.75) is 0 Å². The van der Waals surface area contributed by atoms with Crippen molar-refractivity contribution in [2.24, 2.45) is 0 Å². The predicted octanol–water partition coefficient (Wildman–Crippen LogP) is 2.05. The minimum absolute atomic E-state index is 0.458. The van der Waals surface area contributed by atoms with E-state index in [2.05, 4.69) is 9.26 Å². The number of anilines is 1. The number of hydrogen-bond acceptors (Lipinski definition) is 4. The van der Waals surface area contributed by atoms with E-state index in [-0.39, 0.29) is 0 Å². The fourth-order valence-corrected chi connectivity index (χ4v) is 1.95. The third kappa shape index (κ3) is 3.85. The van der Waals surface area contributed by atoms with Crippen LogP contribution in [0.15, 0.2) is 30.3 Å². The first kappa shape index (κ1) is 13.7. The number of amides is 1. The van der Waals surface area contributed by atoms with Crippen molar-refractivity contribution in [3.8, 4) is 0 Å². The highest BCUT2D eigenvalue weighted by atomic mass is 31.2. The van der Waals surface area contributed by atoms with E-state index in [1.807, 2.05) is 0 Å². The average molecular weight is 259 g/mol. The van der Waals surface area contributed by atoms with Crippen LogP contribution >= 0.6 is 7.60 Å². The zero-order chi connectivity index (χ0) is 12.9. The van der Waals surface area contributed by atoms with Crippen LogP contribution in [-0.2, 0) is 13.8 Å². The minimum Gasteiger partial charge on any atom is -0.452 e. The van der Waals surface area contributed by atoms with Gasteiger partial charge in [-0.2, -0.15) is 0 Å². The SMILES string of the molecule is COC(=O)N(CP(=O)(O)OC)c1ccccc1. The van der Waals surface area contributed by atoms with E-state index in [0.717, 1.165) is 12.0 Å². The first-order valence-electron chi connectivity index (χ1n) is 4.78. The molecule has 6 nitrogen and oxygen atoms in total. The Labute approximate surface area is 99.3 Å². The minimum atomic E-state index is -3.84. The summed E-state index contributed by atoms with van der Waals surface area (Å²) in [5, 5.41) is 0. The highest BCUT2D eigenvalue weighted by molar-refractivity contribution is 7.52. The first-order valence-corrected chi connectivity index (χ1v) is 6.54. The summed E-state index contributed by atoms with van der Waals surface area (Å²) >= 11 is 0. The molecule has 7 heteroatoms. The van der Waals surface area contributed by atoms with E-state index in [1.54, 1.807) is 30.3 Å². The van der Waals surface area contributed by atoms with Crippen molar-refractivity contribution in [3.63, 3.8) is 0 Å². The number of nitrogens with zero attached hydrogens (tertiary/aromatic N) is 1. The quantitative estimate of drug-likeness (QED) is 0.837. The molecule has 0 aliphatic rings. The van der Waals surface area contributed by atoms with Crippen LogP contribution in [0.1, 0.15) is 0 Å². The molecule has 0 aromatic heterocycles. The molecule has 1 aromatic rings. The molecule has 0 fully saturated rings. The predicted molar refractivity (Wildman–Crippen MR) is 63.0 cm³/mol. The molecule has 1 unspecified atom stereocenters. The van der Waals surface area contributed by atoms with E-state index in [1.165, 1.54) is 7.11 Å². The van der Waals surface area contributed by atoms with Crippen molar-refractivity contribution in [1.82, 2.24) is 0 Å². The van der Waals surface area contributed by atoms with Crippen molar-refractivity contribution < 1.29 is 23.5 Å². The van der Waals surface area contributed by atoms with Gasteiger partial charge in [-0.05, 0) is 12.1 Å². The van der Waals surface area contributed by atoms with Crippen molar-refractivity contribution in [1.29, 1.82) is 0 Å². The second-order valence-corrected chi connectivity index (χ2v) is 5.12. The molecular weight excluding hydrogens is 245 g/mol. The number of carbonyl (C=O) groups is 1. The number of benzene rings is 1. The number of carbonyl (C=O) groups excluding carboxylic acids is 1. The fourth-order valence-electron chi connectivity index (χ4n) is 1.20. The number of hydrogen-bond donors (Lipinski definition) is 1. The number of methoxy groups -OCH3 is 1. The van der Waals surface area contributed by atoms with E-state index < -0.39 is 20.0 Å². The highest BCUT2D eigenvalue weighted by Crippen LogP contribution is 2.42. The maximum absolute atomic E-state index is 11.5. The van der Waals surface area contributed by atoms with Gasteiger partial charge in [0.25, 0.3) is 0 Å². The van der Waals surface area contributed by atoms with Crippen molar-refractivity contribution >= 4 is 19.4 Å². The van der Waals surface area contributed by atoms with Gasteiger partial charge in [-0.25, -0.2) is 4.79 Å². The summed E-state index contributed by atoms with van der Waals surface area (Å²) in [6, 6.07) is 8.45. The maximum atomic E-state index is 11.5. The molecule has 0 saturated heterocycles. The van der Waals surface area contributed by atoms with Crippen LogP contribution in [0.3, 0.4) is 0 Å². The standard InChI is InChI=1S/C10H14NO5P/c1-15-10(12)11(8-17(13,14)16-2)9-6-4-3-5-7-9/h3-7H,8H2,1-2H3,(H,13,14). The van der Waals surface area contributed by atoms with Crippen LogP contribution in [0.5, 0.6) is 0 Å². The molecule has 1 amide bonds. The molecule has 1 rings (SSSR count). The summed E-state index contributed by atoms with van der Waals surface area (Å²) in [7, 11) is -1.52. The fraction of sp³-hybridized carbons (Fsp3) is 0.300. The summed E-state index contributed by atoms with van der Waals surface area (Å²) in [5.41, 5.74) is 0.464. The van der Waals surface area contributed by atoms with E-state index in [4.69, 9.17) is 0 Å². The molecule has 0 radical (unpaired) electrons. The van der Waals surface area contributed by atoms with Crippen LogP contribution in [0, 0.1) is 0 Å². The van der Waals surface area contributed by atoms with Gasteiger partial charge >= 0.3 is 13.7 Å². The van der Waals surface area contributed by atoms with Gasteiger partial charge in [0, 0.05) is 12.8 Å². The molecule has 0 aliphatic heterocycles. The molecule has 0 spiro atoms. The summed E-state index contributed by atoms with van der Waals surface area (Å²) in [4.78, 5) is 22.0. The Bertz CT molecular complexity index is 422.